The SMILES string of the molecule is COC(=O)CCCCCC(C)(C)c1cc(OC(=O)C(C)(C)C)c2c(c1)OC(C)C1CC=C(C)C[C@@H]21. The van der Waals surface area contributed by atoms with Crippen LogP contribution in [0.2, 0.25) is 0 Å². The summed E-state index contributed by atoms with van der Waals surface area (Å²) in [6, 6.07) is 4.26. The lowest BCUT2D eigenvalue weighted by molar-refractivity contribution is -0.143. The highest BCUT2D eigenvalue weighted by Crippen LogP contribution is 2.52. The van der Waals surface area contributed by atoms with Gasteiger partial charge in [-0.3, -0.25) is 9.59 Å². The van der Waals surface area contributed by atoms with E-state index in [1.807, 2.05) is 20.8 Å². The van der Waals surface area contributed by atoms with Gasteiger partial charge >= 0.3 is 11.9 Å². The highest BCUT2D eigenvalue weighted by Gasteiger charge is 2.41. The molecule has 0 saturated heterocycles. The molecule has 35 heavy (non-hydrogen) atoms. The van der Waals surface area contributed by atoms with Crippen LogP contribution in [0.3, 0.4) is 0 Å². The van der Waals surface area contributed by atoms with Crippen LogP contribution < -0.4 is 9.47 Å². The zero-order valence-electron chi connectivity index (χ0n) is 23.0. The van der Waals surface area contributed by atoms with Gasteiger partial charge in [0.2, 0.25) is 0 Å². The normalized spacial score (nSPS) is 21.8. The first-order valence-corrected chi connectivity index (χ1v) is 13.1. The number of hydrogen-bond donors (Lipinski definition) is 0. The number of methoxy groups -OCH3 is 1. The van der Waals surface area contributed by atoms with Crippen molar-refractivity contribution in [3.8, 4) is 11.5 Å². The number of esters is 2. The van der Waals surface area contributed by atoms with E-state index in [0.717, 1.165) is 55.4 Å². The van der Waals surface area contributed by atoms with Crippen LogP contribution in [0.15, 0.2) is 23.8 Å². The summed E-state index contributed by atoms with van der Waals surface area (Å²) in [5.41, 5.74) is 2.83. The number of unbranched alkanes of at least 4 members (excludes halogenated alkanes) is 2. The van der Waals surface area contributed by atoms with Crippen molar-refractivity contribution in [3.63, 3.8) is 0 Å². The molecule has 1 heterocycles. The lowest BCUT2D eigenvalue weighted by Crippen LogP contribution is -2.36. The van der Waals surface area contributed by atoms with Crippen molar-refractivity contribution in [2.24, 2.45) is 11.3 Å². The van der Waals surface area contributed by atoms with Gasteiger partial charge in [-0.2, -0.15) is 0 Å². The van der Waals surface area contributed by atoms with Crippen LogP contribution in [0, 0.1) is 11.3 Å². The minimum atomic E-state index is -0.595. The predicted octanol–water partition coefficient (Wildman–Crippen LogP) is 7.26. The average Bonchev–Trinajstić information content (AvgIpc) is 2.77. The summed E-state index contributed by atoms with van der Waals surface area (Å²) in [4.78, 5) is 24.4. The van der Waals surface area contributed by atoms with Gasteiger partial charge in [-0.15, -0.1) is 0 Å². The fourth-order valence-electron chi connectivity index (χ4n) is 5.26. The van der Waals surface area contributed by atoms with Gasteiger partial charge < -0.3 is 14.2 Å². The van der Waals surface area contributed by atoms with Crippen LogP contribution in [-0.4, -0.2) is 25.2 Å². The lowest BCUT2D eigenvalue weighted by atomic mass is 9.70. The smallest absolute Gasteiger partial charge is 0.316 e. The molecule has 1 aliphatic carbocycles. The quantitative estimate of drug-likeness (QED) is 0.168. The van der Waals surface area contributed by atoms with Gasteiger partial charge in [-0.1, -0.05) is 38.3 Å². The molecule has 5 heteroatoms. The molecule has 0 spiro atoms. The molecule has 194 valence electrons. The van der Waals surface area contributed by atoms with Crippen LogP contribution >= 0.6 is 0 Å². The molecule has 0 amide bonds. The molecular formula is C30H44O5. The van der Waals surface area contributed by atoms with E-state index in [0.29, 0.717) is 18.1 Å². The second-order valence-corrected chi connectivity index (χ2v) is 12.1. The number of benzene rings is 1. The second-order valence-electron chi connectivity index (χ2n) is 12.1. The Bertz CT molecular complexity index is 966. The van der Waals surface area contributed by atoms with Crippen molar-refractivity contribution >= 4 is 11.9 Å². The van der Waals surface area contributed by atoms with E-state index in [1.54, 1.807) is 0 Å². The van der Waals surface area contributed by atoms with E-state index >= 15 is 0 Å². The molecule has 5 nitrogen and oxygen atoms in total. The first kappa shape index (κ1) is 27.3. The molecule has 2 aliphatic rings. The Morgan fingerprint density at radius 3 is 2.46 bits per heavy atom. The van der Waals surface area contributed by atoms with Crippen molar-refractivity contribution in [3.05, 3.63) is 34.9 Å². The Hall–Kier alpha value is -2.30. The molecule has 1 aromatic carbocycles. The molecule has 0 radical (unpaired) electrons. The van der Waals surface area contributed by atoms with E-state index in [9.17, 15) is 9.59 Å². The maximum Gasteiger partial charge on any atom is 0.316 e. The van der Waals surface area contributed by atoms with E-state index in [1.165, 1.54) is 12.7 Å². The number of carbonyl (C=O) groups is 2. The molecule has 1 aliphatic heterocycles. The van der Waals surface area contributed by atoms with Crippen LogP contribution in [0.1, 0.15) is 110 Å². The molecule has 0 aromatic heterocycles. The number of allylic oxidation sites excluding steroid dienone is 2. The number of hydrogen-bond acceptors (Lipinski definition) is 5. The van der Waals surface area contributed by atoms with Crippen molar-refractivity contribution in [1.82, 2.24) is 0 Å². The number of carbonyl (C=O) groups excluding carboxylic acids is 2. The molecular weight excluding hydrogens is 440 g/mol. The largest absolute Gasteiger partial charge is 0.490 e. The summed E-state index contributed by atoms with van der Waals surface area (Å²) in [7, 11) is 1.43. The first-order valence-electron chi connectivity index (χ1n) is 13.1. The molecule has 0 bridgehead atoms. The van der Waals surface area contributed by atoms with Gasteiger partial charge in [0.05, 0.1) is 18.6 Å². The highest BCUT2D eigenvalue weighted by molar-refractivity contribution is 5.78. The zero-order valence-corrected chi connectivity index (χ0v) is 23.0. The monoisotopic (exact) mass is 484 g/mol. The van der Waals surface area contributed by atoms with E-state index in [-0.39, 0.29) is 29.4 Å². The summed E-state index contributed by atoms with van der Waals surface area (Å²) in [6.07, 6.45) is 8.62. The average molecular weight is 485 g/mol. The standard InChI is InChI=1S/C30H44O5/c1-19-13-14-22-20(2)34-24-17-21(30(6,7)15-11-9-10-12-26(31)33-8)18-25(27(24)23(22)16-19)35-28(32)29(3,4)5/h13,17-18,20,22-23H,9-12,14-16H2,1-8H3/t20?,22?,23-/m1/s1. The minimum absolute atomic E-state index is 0.111. The minimum Gasteiger partial charge on any atom is -0.490 e. The molecule has 2 unspecified atom stereocenters. The van der Waals surface area contributed by atoms with E-state index < -0.39 is 5.41 Å². The molecule has 1 aromatic rings. The third-order valence-corrected chi connectivity index (χ3v) is 7.69. The maximum atomic E-state index is 13.0. The number of fused-ring (bicyclic) bond motifs is 3. The lowest BCUT2D eigenvalue weighted by Gasteiger charge is -2.42. The zero-order chi connectivity index (χ0) is 26.0. The maximum absolute atomic E-state index is 13.0. The summed E-state index contributed by atoms with van der Waals surface area (Å²) in [5.74, 6) is 1.82. The Morgan fingerprint density at radius 1 is 1.09 bits per heavy atom. The fourth-order valence-corrected chi connectivity index (χ4v) is 5.26. The Morgan fingerprint density at radius 2 is 1.80 bits per heavy atom. The number of ether oxygens (including phenoxy) is 3. The molecule has 3 atom stereocenters. The van der Waals surface area contributed by atoms with Crippen LogP contribution in [0.4, 0.5) is 0 Å². The van der Waals surface area contributed by atoms with Gasteiger partial charge in [-0.25, -0.2) is 0 Å². The summed E-state index contributed by atoms with van der Waals surface area (Å²) in [6.45, 7) is 14.5. The van der Waals surface area contributed by atoms with Gasteiger partial charge in [-0.05, 0) is 83.4 Å². The third-order valence-electron chi connectivity index (χ3n) is 7.69. The summed E-state index contributed by atoms with van der Waals surface area (Å²) >= 11 is 0. The van der Waals surface area contributed by atoms with Gasteiger partial charge in [0.25, 0.3) is 0 Å². The Labute approximate surface area is 211 Å². The topological polar surface area (TPSA) is 61.8 Å². The van der Waals surface area contributed by atoms with Crippen LogP contribution in [0.5, 0.6) is 11.5 Å². The molecule has 0 N–H and O–H groups in total. The van der Waals surface area contributed by atoms with Gasteiger partial charge in [0.15, 0.2) is 0 Å². The van der Waals surface area contributed by atoms with Gasteiger partial charge in [0.1, 0.15) is 11.5 Å². The van der Waals surface area contributed by atoms with E-state index in [2.05, 4.69) is 45.9 Å². The Kier molecular flexibility index (Phi) is 8.39. The van der Waals surface area contributed by atoms with Crippen molar-refractivity contribution in [2.45, 2.75) is 111 Å². The van der Waals surface area contributed by atoms with Crippen LogP contribution in [0.25, 0.3) is 0 Å². The van der Waals surface area contributed by atoms with Crippen molar-refractivity contribution in [2.75, 3.05) is 7.11 Å². The second kappa shape index (κ2) is 10.8. The van der Waals surface area contributed by atoms with Crippen molar-refractivity contribution < 1.29 is 23.8 Å². The van der Waals surface area contributed by atoms with E-state index in [4.69, 9.17) is 14.2 Å². The highest BCUT2D eigenvalue weighted by atomic mass is 16.5. The molecule has 0 fully saturated rings. The fraction of sp³-hybridized carbons (Fsp3) is 0.667. The van der Waals surface area contributed by atoms with Gasteiger partial charge in [0, 0.05) is 23.8 Å². The summed E-state index contributed by atoms with van der Waals surface area (Å²) in [5, 5.41) is 0. The van der Waals surface area contributed by atoms with Crippen LogP contribution in [-0.2, 0) is 19.7 Å². The first-order chi connectivity index (χ1) is 16.3. The Balaban J connectivity index is 1.92. The third kappa shape index (κ3) is 6.48. The summed E-state index contributed by atoms with van der Waals surface area (Å²) < 4.78 is 17.4. The number of rotatable bonds is 8. The molecule has 3 rings (SSSR count). The van der Waals surface area contributed by atoms with Crippen molar-refractivity contribution in [1.29, 1.82) is 0 Å². The predicted molar refractivity (Wildman–Crippen MR) is 139 cm³/mol. The molecule has 0 saturated carbocycles.